The number of hydrogen-bond acceptors (Lipinski definition) is 8. The molecule has 4 atom stereocenters. The van der Waals surface area contributed by atoms with E-state index >= 15 is 0 Å². The zero-order valence-electron chi connectivity index (χ0n) is 59.4. The first-order chi connectivity index (χ1) is 45.4. The van der Waals surface area contributed by atoms with E-state index in [0.717, 1.165) is 89.0 Å². The quantitative estimate of drug-likeness (QED) is 0.0588. The topological polar surface area (TPSA) is 153 Å². The first-order valence-corrected chi connectivity index (χ1v) is 33.9. The van der Waals surface area contributed by atoms with Gasteiger partial charge in [-0.05, 0) is 138 Å². The van der Waals surface area contributed by atoms with E-state index in [1.807, 2.05) is 149 Å². The predicted molar refractivity (Wildman–Crippen MR) is 386 cm³/mol. The minimum atomic E-state index is -0.387. The third-order valence-electron chi connectivity index (χ3n) is 18.1. The molecule has 8 bridgehead atoms. The molecular weight excluding hydrogens is 1190 g/mol. The monoisotopic (exact) mass is 1290 g/mol. The summed E-state index contributed by atoms with van der Waals surface area (Å²) >= 11 is 0. The second kappa shape index (κ2) is 30.3. The number of hydrogen-bond donors (Lipinski definition) is 4. The van der Waals surface area contributed by atoms with E-state index < -0.39 is 0 Å². The molecule has 4 N–H and O–H groups in total. The van der Waals surface area contributed by atoms with Crippen molar-refractivity contribution in [3.8, 4) is 23.0 Å². The minimum Gasteiger partial charge on any atom is -0.483 e. The lowest BCUT2D eigenvalue weighted by Gasteiger charge is -2.29. The average Bonchev–Trinajstić information content (AvgIpc) is 0.824. The van der Waals surface area contributed by atoms with Gasteiger partial charge in [0, 0.05) is 25.7 Å². The van der Waals surface area contributed by atoms with Gasteiger partial charge in [0.2, 0.25) is 0 Å². The number of amides is 4. The van der Waals surface area contributed by atoms with Crippen molar-refractivity contribution in [2.24, 2.45) is 0 Å². The van der Waals surface area contributed by atoms with Crippen LogP contribution in [-0.4, -0.2) is 50.1 Å². The molecule has 0 aromatic heterocycles. The summed E-state index contributed by atoms with van der Waals surface area (Å²) in [5.74, 6) is 0.927. The third kappa shape index (κ3) is 18.6. The Morgan fingerprint density at radius 3 is 0.594 bits per heavy atom. The Labute approximate surface area is 570 Å². The molecule has 0 aliphatic heterocycles. The zero-order chi connectivity index (χ0) is 69.3. The number of nitrogens with one attached hydrogen (secondary N) is 4. The number of carbonyl (C=O) groups excluding carboxylic acids is 4. The molecular formula is C84H100N4O8. The summed E-state index contributed by atoms with van der Waals surface area (Å²) in [4.78, 5) is 57.7. The second-order valence-electron chi connectivity index (χ2n) is 30.2. The first kappa shape index (κ1) is 71.1. The van der Waals surface area contributed by atoms with E-state index in [-0.39, 0.29) is 122 Å². The molecule has 0 radical (unpaired) electrons. The molecule has 12 heteroatoms. The highest BCUT2D eigenvalue weighted by molar-refractivity contribution is 5.80. The van der Waals surface area contributed by atoms with Gasteiger partial charge < -0.3 is 40.2 Å². The fourth-order valence-electron chi connectivity index (χ4n) is 12.3. The van der Waals surface area contributed by atoms with Crippen LogP contribution in [0.5, 0.6) is 23.0 Å². The van der Waals surface area contributed by atoms with Crippen LogP contribution in [0.4, 0.5) is 0 Å². The van der Waals surface area contributed by atoms with Crippen LogP contribution >= 0.6 is 0 Å². The summed E-state index contributed by atoms with van der Waals surface area (Å²) in [6, 6.07) is 55.8. The van der Waals surface area contributed by atoms with Crippen LogP contribution in [0, 0.1) is 0 Å². The SMILES string of the molecule is C[C@H](NC(=O)COc1c2cc(C(C)(C)C)cc1Cc1cc(C(C)(C)C)cc(c1OCC(=O)N[C@@H](C)c1ccccc1)Cc1cc(C(C)(C)C)cc(c1OCC(=O)N[C@@H](C)c1ccccc1)Cc1cc(C(C)(C)C)cc(c1OCC(=O)N[C@@H](C)c1ccccc1)C2)c1ccccc1. The first-order valence-electron chi connectivity index (χ1n) is 33.9. The molecule has 0 saturated heterocycles. The Morgan fingerprint density at radius 1 is 0.292 bits per heavy atom. The molecule has 12 nitrogen and oxygen atoms in total. The Balaban J connectivity index is 1.31. The van der Waals surface area contributed by atoms with Crippen molar-refractivity contribution in [2.45, 2.75) is 182 Å². The van der Waals surface area contributed by atoms with Crippen molar-refractivity contribution in [1.82, 2.24) is 21.3 Å². The second-order valence-corrected chi connectivity index (χ2v) is 30.2. The van der Waals surface area contributed by atoms with Gasteiger partial charge >= 0.3 is 0 Å². The van der Waals surface area contributed by atoms with Crippen molar-refractivity contribution < 1.29 is 38.1 Å². The normalized spacial score (nSPS) is 13.8. The maximum absolute atomic E-state index is 14.4. The number of carbonyl (C=O) groups is 4. The Kier molecular flexibility index (Phi) is 22.4. The zero-order valence-corrected chi connectivity index (χ0v) is 59.4. The molecule has 4 amide bonds. The van der Waals surface area contributed by atoms with Gasteiger partial charge in [-0.15, -0.1) is 0 Å². The van der Waals surface area contributed by atoms with Gasteiger partial charge in [-0.1, -0.05) is 253 Å². The smallest absolute Gasteiger partial charge is 0.258 e. The van der Waals surface area contributed by atoms with Crippen molar-refractivity contribution >= 4 is 23.6 Å². The molecule has 1 aliphatic rings. The van der Waals surface area contributed by atoms with Crippen molar-refractivity contribution in [1.29, 1.82) is 0 Å². The predicted octanol–water partition coefficient (Wildman–Crippen LogP) is 16.6. The lowest BCUT2D eigenvalue weighted by molar-refractivity contribution is -0.124. The number of rotatable bonds is 20. The van der Waals surface area contributed by atoms with Crippen LogP contribution in [0.2, 0.25) is 0 Å². The summed E-state index contributed by atoms with van der Waals surface area (Å²) in [6.45, 7) is 33.0. The summed E-state index contributed by atoms with van der Waals surface area (Å²) in [5, 5.41) is 12.8. The van der Waals surface area contributed by atoms with Crippen LogP contribution in [-0.2, 0) is 66.5 Å². The van der Waals surface area contributed by atoms with Crippen molar-refractivity contribution in [3.05, 3.63) is 259 Å². The van der Waals surface area contributed by atoms with Crippen LogP contribution in [0.1, 0.15) is 224 Å². The molecule has 1 aliphatic carbocycles. The maximum Gasteiger partial charge on any atom is 0.258 e. The van der Waals surface area contributed by atoms with Gasteiger partial charge in [0.1, 0.15) is 23.0 Å². The van der Waals surface area contributed by atoms with E-state index in [0.29, 0.717) is 23.0 Å². The van der Waals surface area contributed by atoms with Gasteiger partial charge in [0.05, 0.1) is 24.2 Å². The van der Waals surface area contributed by atoms with Crippen LogP contribution in [0.15, 0.2) is 170 Å². The molecule has 9 rings (SSSR count). The number of fused-ring (bicyclic) bond motifs is 8. The summed E-state index contributed by atoms with van der Waals surface area (Å²) in [5.41, 5.74) is 12.9. The molecule has 0 heterocycles. The maximum atomic E-state index is 14.4. The van der Waals surface area contributed by atoms with Crippen LogP contribution in [0.3, 0.4) is 0 Å². The highest BCUT2D eigenvalue weighted by Gasteiger charge is 2.31. The lowest BCUT2D eigenvalue weighted by atomic mass is 9.79. The minimum absolute atomic E-state index is 0.259. The Bertz CT molecular complexity index is 3410. The largest absolute Gasteiger partial charge is 0.483 e. The Morgan fingerprint density at radius 2 is 0.448 bits per heavy atom. The van der Waals surface area contributed by atoms with Gasteiger partial charge in [-0.25, -0.2) is 0 Å². The average molecular weight is 1290 g/mol. The molecule has 8 aromatic rings. The molecule has 0 saturated carbocycles. The highest BCUT2D eigenvalue weighted by atomic mass is 16.5. The van der Waals surface area contributed by atoms with Gasteiger partial charge in [-0.2, -0.15) is 0 Å². The molecule has 96 heavy (non-hydrogen) atoms. The van der Waals surface area contributed by atoms with Gasteiger partial charge in [0.25, 0.3) is 23.6 Å². The Hall–Kier alpha value is -9.16. The summed E-state index contributed by atoms with van der Waals surface area (Å²) in [7, 11) is 0. The van der Waals surface area contributed by atoms with Gasteiger partial charge in [-0.3, -0.25) is 19.2 Å². The molecule has 0 fully saturated rings. The van der Waals surface area contributed by atoms with Crippen LogP contribution in [0.25, 0.3) is 0 Å². The van der Waals surface area contributed by atoms with E-state index in [1.54, 1.807) is 0 Å². The van der Waals surface area contributed by atoms with E-state index in [1.165, 1.54) is 0 Å². The van der Waals surface area contributed by atoms with Crippen molar-refractivity contribution in [3.63, 3.8) is 0 Å². The molecule has 8 aromatic carbocycles. The van der Waals surface area contributed by atoms with Crippen molar-refractivity contribution in [2.75, 3.05) is 26.4 Å². The fraction of sp³-hybridized carbons (Fsp3) is 0.381. The summed E-state index contributed by atoms with van der Waals surface area (Å²) in [6.07, 6.45) is 1.04. The van der Waals surface area contributed by atoms with E-state index in [2.05, 4.69) is 153 Å². The molecule has 0 unspecified atom stereocenters. The highest BCUT2D eigenvalue weighted by Crippen LogP contribution is 2.45. The summed E-state index contributed by atoms with van der Waals surface area (Å²) < 4.78 is 28.3. The van der Waals surface area contributed by atoms with Gasteiger partial charge in [0.15, 0.2) is 26.4 Å². The van der Waals surface area contributed by atoms with E-state index in [4.69, 9.17) is 18.9 Å². The molecule has 0 spiro atoms. The van der Waals surface area contributed by atoms with E-state index in [9.17, 15) is 19.2 Å². The fourth-order valence-corrected chi connectivity index (χ4v) is 12.3. The van der Waals surface area contributed by atoms with Crippen LogP contribution < -0.4 is 40.2 Å². The standard InChI is InChI=1S/C84H100N4O8/c1-53(57-29-21-17-22-30-57)85-73(89)49-93-77-61-37-63-43-70(82(8,9)10)45-65(78(63)94-50-74(90)86-54(2)58-31-23-18-24-32-58)39-67-47-72(84(14,15)16)48-68(80(67)96-52-76(92)88-56(4)60-35-27-20-28-36-60)40-66-46-71(83(11,12)13)44-64(38-62(77)42-69(41-61)81(5,6)7)79(66)95-51-75(91)87-55(3)59-33-25-19-26-34-59/h17-36,41-48,53-56H,37-40,49-52H2,1-16H3,(H,85,89)(H,86,90)(H,87,91)(H,88,92)/t53-,54-,55-,56-/m0/s1. The number of benzene rings is 8. The lowest BCUT2D eigenvalue weighted by Crippen LogP contribution is -2.32. The molecule has 504 valence electrons. The third-order valence-corrected chi connectivity index (χ3v) is 18.1. The number of ether oxygens (including phenoxy) is 4.